The highest BCUT2D eigenvalue weighted by molar-refractivity contribution is 8.02. The lowest BCUT2D eigenvalue weighted by molar-refractivity contribution is -0.141. The van der Waals surface area contributed by atoms with Gasteiger partial charge in [-0.2, -0.15) is 0 Å². The SMILES string of the molecule is CC(CNC(=O)[C@@H]1N(C=O)C(C)(C)SC1(C)C)C(=O)O. The smallest absolute Gasteiger partial charge is 0.308 e. The average molecular weight is 302 g/mol. The maximum atomic E-state index is 12.3. The summed E-state index contributed by atoms with van der Waals surface area (Å²) in [7, 11) is 0. The minimum absolute atomic E-state index is 0.0541. The number of rotatable bonds is 5. The number of aliphatic carboxylic acids is 1. The second-order valence-electron chi connectivity index (χ2n) is 6.05. The molecule has 114 valence electrons. The zero-order valence-electron chi connectivity index (χ0n) is 12.5. The maximum absolute atomic E-state index is 12.3. The summed E-state index contributed by atoms with van der Waals surface area (Å²) in [6.07, 6.45) is 0.687. The number of carboxylic acids is 1. The van der Waals surface area contributed by atoms with Gasteiger partial charge in [0.2, 0.25) is 12.3 Å². The molecule has 7 heteroatoms. The molecule has 6 nitrogen and oxygen atoms in total. The molecule has 0 spiro atoms. The number of carbonyl (C=O) groups is 3. The normalized spacial score (nSPS) is 25.1. The first kappa shape index (κ1) is 16.8. The molecule has 0 bridgehead atoms. The highest BCUT2D eigenvalue weighted by Crippen LogP contribution is 2.50. The molecule has 0 aromatic carbocycles. The van der Waals surface area contributed by atoms with Gasteiger partial charge in [0, 0.05) is 11.3 Å². The molecule has 1 fully saturated rings. The quantitative estimate of drug-likeness (QED) is 0.737. The molecule has 0 saturated carbocycles. The fraction of sp³-hybridized carbons (Fsp3) is 0.769. The van der Waals surface area contributed by atoms with E-state index in [2.05, 4.69) is 5.32 Å². The standard InChI is InChI=1S/C13H22N2O4S/c1-8(11(18)19)6-14-10(17)9-12(2,3)20-13(4,5)15(9)7-16/h7-9H,6H2,1-5H3,(H,14,17)(H,18,19)/t8?,9-/m0/s1. The molecule has 0 aromatic heterocycles. The van der Waals surface area contributed by atoms with Crippen LogP contribution in [0.25, 0.3) is 0 Å². The van der Waals surface area contributed by atoms with Crippen LogP contribution in [0.5, 0.6) is 0 Å². The van der Waals surface area contributed by atoms with E-state index in [0.717, 1.165) is 0 Å². The zero-order chi connectivity index (χ0) is 15.7. The first-order chi connectivity index (χ1) is 9.03. The largest absolute Gasteiger partial charge is 0.481 e. The van der Waals surface area contributed by atoms with E-state index < -0.39 is 27.5 Å². The van der Waals surface area contributed by atoms with Crippen LogP contribution in [0.3, 0.4) is 0 Å². The van der Waals surface area contributed by atoms with Crippen molar-refractivity contribution in [3.05, 3.63) is 0 Å². The molecule has 1 aliphatic heterocycles. The lowest BCUT2D eigenvalue weighted by atomic mass is 10.00. The van der Waals surface area contributed by atoms with Crippen LogP contribution in [0.15, 0.2) is 0 Å². The van der Waals surface area contributed by atoms with E-state index in [0.29, 0.717) is 6.41 Å². The summed E-state index contributed by atoms with van der Waals surface area (Å²) in [6.45, 7) is 9.18. The van der Waals surface area contributed by atoms with E-state index in [1.807, 2.05) is 27.7 Å². The van der Waals surface area contributed by atoms with Crippen LogP contribution in [0.2, 0.25) is 0 Å². The Kier molecular flexibility index (Phi) is 4.74. The zero-order valence-corrected chi connectivity index (χ0v) is 13.3. The van der Waals surface area contributed by atoms with Crippen molar-refractivity contribution < 1.29 is 19.5 Å². The second-order valence-corrected chi connectivity index (χ2v) is 8.31. The number of carboxylic acid groups (broad SMARTS) is 1. The topological polar surface area (TPSA) is 86.7 Å². The van der Waals surface area contributed by atoms with Crippen LogP contribution in [-0.2, 0) is 14.4 Å². The summed E-state index contributed by atoms with van der Waals surface area (Å²) in [6, 6.07) is -0.610. The van der Waals surface area contributed by atoms with Gasteiger partial charge in [0.1, 0.15) is 6.04 Å². The summed E-state index contributed by atoms with van der Waals surface area (Å²) < 4.78 is -0.430. The first-order valence-electron chi connectivity index (χ1n) is 6.47. The van der Waals surface area contributed by atoms with Crippen molar-refractivity contribution in [2.45, 2.75) is 50.3 Å². The van der Waals surface area contributed by atoms with Gasteiger partial charge in [0.15, 0.2) is 0 Å². The maximum Gasteiger partial charge on any atom is 0.308 e. The monoisotopic (exact) mass is 302 g/mol. The molecular weight excluding hydrogens is 280 g/mol. The van der Waals surface area contributed by atoms with Crippen LogP contribution < -0.4 is 5.32 Å². The van der Waals surface area contributed by atoms with Gasteiger partial charge in [-0.05, 0) is 27.7 Å². The Morgan fingerprint density at radius 2 is 1.95 bits per heavy atom. The van der Waals surface area contributed by atoms with Crippen molar-refractivity contribution in [1.29, 1.82) is 0 Å². The molecule has 20 heavy (non-hydrogen) atoms. The Morgan fingerprint density at radius 1 is 1.40 bits per heavy atom. The molecule has 2 atom stereocenters. The van der Waals surface area contributed by atoms with E-state index in [1.54, 1.807) is 11.8 Å². The fourth-order valence-corrected chi connectivity index (χ4v) is 4.34. The molecule has 1 aliphatic rings. The number of nitrogens with zero attached hydrogens (tertiary/aromatic N) is 1. The summed E-state index contributed by atoms with van der Waals surface area (Å²) in [5.74, 6) is -1.93. The Labute approximate surface area is 123 Å². The van der Waals surface area contributed by atoms with E-state index in [4.69, 9.17) is 5.11 Å². The third-order valence-electron chi connectivity index (χ3n) is 3.44. The number of hydrogen-bond acceptors (Lipinski definition) is 4. The van der Waals surface area contributed by atoms with Crippen LogP contribution >= 0.6 is 11.8 Å². The van der Waals surface area contributed by atoms with E-state index in [9.17, 15) is 14.4 Å². The van der Waals surface area contributed by atoms with Crippen molar-refractivity contribution in [2.75, 3.05) is 6.54 Å². The molecular formula is C13H22N2O4S. The van der Waals surface area contributed by atoms with Crippen molar-refractivity contribution in [2.24, 2.45) is 5.92 Å². The number of amides is 2. The van der Waals surface area contributed by atoms with E-state index in [1.165, 1.54) is 11.8 Å². The first-order valence-corrected chi connectivity index (χ1v) is 7.29. The van der Waals surface area contributed by atoms with Crippen LogP contribution in [0.4, 0.5) is 0 Å². The third kappa shape index (κ3) is 3.26. The molecule has 0 aliphatic carbocycles. The van der Waals surface area contributed by atoms with Gasteiger partial charge in [0.25, 0.3) is 0 Å². The summed E-state index contributed by atoms with van der Waals surface area (Å²) >= 11 is 1.55. The van der Waals surface area contributed by atoms with Crippen molar-refractivity contribution >= 4 is 30.0 Å². The van der Waals surface area contributed by atoms with Crippen LogP contribution in [0.1, 0.15) is 34.6 Å². The molecule has 2 N–H and O–H groups in total. The third-order valence-corrected chi connectivity index (χ3v) is 4.90. The predicted molar refractivity (Wildman–Crippen MR) is 77.2 cm³/mol. The van der Waals surface area contributed by atoms with Crippen molar-refractivity contribution in [3.8, 4) is 0 Å². The Balaban J connectivity index is 2.84. The Morgan fingerprint density at radius 3 is 2.40 bits per heavy atom. The van der Waals surface area contributed by atoms with Gasteiger partial charge >= 0.3 is 5.97 Å². The highest BCUT2D eigenvalue weighted by atomic mass is 32.2. The van der Waals surface area contributed by atoms with Gasteiger partial charge in [-0.15, -0.1) is 11.8 Å². The molecule has 1 rings (SSSR count). The van der Waals surface area contributed by atoms with Crippen LogP contribution in [0, 0.1) is 5.92 Å². The second kappa shape index (κ2) is 5.63. The molecule has 1 saturated heterocycles. The molecule has 2 amide bonds. The van der Waals surface area contributed by atoms with Crippen molar-refractivity contribution in [3.63, 3.8) is 0 Å². The number of hydrogen-bond donors (Lipinski definition) is 2. The Hall–Kier alpha value is -1.24. The van der Waals surface area contributed by atoms with Crippen LogP contribution in [-0.4, -0.2) is 50.5 Å². The van der Waals surface area contributed by atoms with Crippen molar-refractivity contribution in [1.82, 2.24) is 10.2 Å². The predicted octanol–water partition coefficient (Wildman–Crippen LogP) is 0.912. The summed E-state index contributed by atoms with van der Waals surface area (Å²) in [5, 5.41) is 11.5. The van der Waals surface area contributed by atoms with Gasteiger partial charge in [0.05, 0.1) is 10.8 Å². The summed E-state index contributed by atoms with van der Waals surface area (Å²) in [5.41, 5.74) is 0. The van der Waals surface area contributed by atoms with Gasteiger partial charge in [-0.1, -0.05) is 6.92 Å². The van der Waals surface area contributed by atoms with Gasteiger partial charge < -0.3 is 15.3 Å². The minimum atomic E-state index is -0.960. The van der Waals surface area contributed by atoms with E-state index in [-0.39, 0.29) is 12.5 Å². The highest BCUT2D eigenvalue weighted by Gasteiger charge is 2.54. The molecule has 1 unspecified atom stereocenters. The lowest BCUT2D eigenvalue weighted by Crippen LogP contribution is -2.54. The average Bonchev–Trinajstić information content (AvgIpc) is 2.48. The number of thioether (sulfide) groups is 1. The lowest BCUT2D eigenvalue weighted by Gasteiger charge is -2.31. The molecule has 1 heterocycles. The Bertz CT molecular complexity index is 423. The van der Waals surface area contributed by atoms with E-state index >= 15 is 0 Å². The fourth-order valence-electron chi connectivity index (χ4n) is 2.47. The minimum Gasteiger partial charge on any atom is -0.481 e. The number of carbonyl (C=O) groups excluding carboxylic acids is 2. The van der Waals surface area contributed by atoms with Gasteiger partial charge in [-0.25, -0.2) is 0 Å². The summed E-state index contributed by atoms with van der Waals surface area (Å²) in [4.78, 5) is 35.4. The molecule has 0 aromatic rings. The number of nitrogens with one attached hydrogen (secondary N) is 1. The molecule has 0 radical (unpaired) electrons. The van der Waals surface area contributed by atoms with Gasteiger partial charge in [-0.3, -0.25) is 14.4 Å².